The van der Waals surface area contributed by atoms with Gasteiger partial charge in [-0.2, -0.15) is 5.10 Å². The number of hydrogen-bond donors (Lipinski definition) is 2. The molecule has 2 aromatic carbocycles. The summed E-state index contributed by atoms with van der Waals surface area (Å²) in [5, 5.41) is 21.2. The van der Waals surface area contributed by atoms with E-state index in [-0.39, 0.29) is 16.9 Å². The van der Waals surface area contributed by atoms with Crippen molar-refractivity contribution < 1.29 is 19.4 Å². The van der Waals surface area contributed by atoms with Crippen molar-refractivity contribution in [2.75, 3.05) is 12.4 Å². The summed E-state index contributed by atoms with van der Waals surface area (Å²) in [7, 11) is 1.51. The van der Waals surface area contributed by atoms with E-state index in [2.05, 4.69) is 12.2 Å². The molecular weight excluding hydrogens is 470 g/mol. The van der Waals surface area contributed by atoms with E-state index in [0.29, 0.717) is 22.9 Å². The Morgan fingerprint density at radius 2 is 2.03 bits per heavy atom. The second-order valence-corrected chi connectivity index (χ2v) is 9.93. The Bertz CT molecular complexity index is 1180. The van der Waals surface area contributed by atoms with E-state index in [1.165, 1.54) is 18.4 Å². The Morgan fingerprint density at radius 1 is 1.24 bits per heavy atom. The quantitative estimate of drug-likeness (QED) is 0.429. The third-order valence-corrected chi connectivity index (χ3v) is 7.79. The molecule has 7 nitrogen and oxygen atoms in total. The van der Waals surface area contributed by atoms with E-state index in [1.807, 2.05) is 41.8 Å². The number of ether oxygens (including phenoxy) is 1. The summed E-state index contributed by atoms with van der Waals surface area (Å²) in [6.07, 6.45) is 1.71. The molecule has 9 heteroatoms. The number of thiophene rings is 1. The van der Waals surface area contributed by atoms with E-state index in [1.54, 1.807) is 35.0 Å². The molecule has 0 fully saturated rings. The minimum atomic E-state index is -0.418. The van der Waals surface area contributed by atoms with Gasteiger partial charge in [-0.25, -0.2) is 0 Å². The van der Waals surface area contributed by atoms with Gasteiger partial charge in [-0.05, 0) is 53.8 Å². The van der Waals surface area contributed by atoms with Gasteiger partial charge in [0.2, 0.25) is 0 Å². The third-order valence-electron chi connectivity index (χ3n) is 5.40. The van der Waals surface area contributed by atoms with Crippen molar-refractivity contribution in [1.29, 1.82) is 0 Å². The van der Waals surface area contributed by atoms with E-state index < -0.39 is 5.37 Å². The molecule has 0 saturated heterocycles. The van der Waals surface area contributed by atoms with Gasteiger partial charge in [0.1, 0.15) is 5.37 Å². The summed E-state index contributed by atoms with van der Waals surface area (Å²) < 4.78 is 5.15. The average molecular weight is 496 g/mol. The summed E-state index contributed by atoms with van der Waals surface area (Å²) in [5.41, 5.74) is 3.25. The summed E-state index contributed by atoms with van der Waals surface area (Å²) in [4.78, 5) is 24.8. The van der Waals surface area contributed by atoms with E-state index >= 15 is 0 Å². The Labute approximate surface area is 206 Å². The van der Waals surface area contributed by atoms with Crippen LogP contribution in [0.5, 0.6) is 11.5 Å². The summed E-state index contributed by atoms with van der Waals surface area (Å²) >= 11 is 2.94. The number of phenolic OH excluding ortho intramolecular Hbond substituents is 1. The topological polar surface area (TPSA) is 91.2 Å². The average Bonchev–Trinajstić information content (AvgIpc) is 3.40. The lowest BCUT2D eigenvalue weighted by molar-refractivity contribution is -0.110. The van der Waals surface area contributed by atoms with Gasteiger partial charge in [-0.15, -0.1) is 23.1 Å². The van der Waals surface area contributed by atoms with E-state index in [0.717, 1.165) is 29.5 Å². The number of thioether (sulfide) groups is 1. The fourth-order valence-electron chi connectivity index (χ4n) is 3.65. The van der Waals surface area contributed by atoms with Gasteiger partial charge in [0.05, 0.1) is 29.5 Å². The van der Waals surface area contributed by atoms with Crippen molar-refractivity contribution in [2.24, 2.45) is 5.10 Å². The SMILES string of the molecule is CCC1SC(C=O)N(Cc2ccc(NC(=O)c3cccs3)cc2)N=C1c1ccc(OC)c(O)c1. The number of carbonyl (C=O) groups is 2. The molecule has 3 aromatic rings. The number of benzene rings is 2. The van der Waals surface area contributed by atoms with Crippen LogP contribution in [0.25, 0.3) is 0 Å². The van der Waals surface area contributed by atoms with Crippen LogP contribution in [0.4, 0.5) is 5.69 Å². The zero-order valence-electron chi connectivity index (χ0n) is 18.8. The van der Waals surface area contributed by atoms with Gasteiger partial charge in [0, 0.05) is 11.3 Å². The molecule has 0 saturated carbocycles. The number of carbonyl (C=O) groups excluding carboxylic acids is 2. The number of rotatable bonds is 8. The molecule has 2 heterocycles. The molecule has 176 valence electrons. The Kier molecular flexibility index (Phi) is 7.54. The summed E-state index contributed by atoms with van der Waals surface area (Å²) in [5.74, 6) is 0.306. The number of amides is 1. The highest BCUT2D eigenvalue weighted by Crippen LogP contribution is 2.35. The molecular formula is C25H25N3O4S2. The lowest BCUT2D eigenvalue weighted by Gasteiger charge is -2.34. The number of anilines is 1. The predicted octanol–water partition coefficient (Wildman–Crippen LogP) is 4.97. The number of nitrogens with zero attached hydrogens (tertiary/aromatic N) is 2. The van der Waals surface area contributed by atoms with Gasteiger partial charge in [0.25, 0.3) is 5.91 Å². The maximum Gasteiger partial charge on any atom is 0.265 e. The second kappa shape index (κ2) is 10.8. The summed E-state index contributed by atoms with van der Waals surface area (Å²) in [6, 6.07) is 16.4. The first-order valence-electron chi connectivity index (χ1n) is 10.8. The van der Waals surface area contributed by atoms with Crippen molar-refractivity contribution >= 4 is 46.7 Å². The van der Waals surface area contributed by atoms with Crippen LogP contribution in [0.15, 0.2) is 65.1 Å². The highest BCUT2D eigenvalue weighted by molar-refractivity contribution is 8.01. The van der Waals surface area contributed by atoms with Gasteiger partial charge in [0.15, 0.2) is 17.8 Å². The maximum absolute atomic E-state index is 12.3. The number of hydrogen-bond acceptors (Lipinski definition) is 8. The molecule has 4 rings (SSSR count). The van der Waals surface area contributed by atoms with Gasteiger partial charge in [-0.3, -0.25) is 9.80 Å². The van der Waals surface area contributed by atoms with Crippen LogP contribution in [0.3, 0.4) is 0 Å². The van der Waals surface area contributed by atoms with Gasteiger partial charge < -0.3 is 20.0 Å². The van der Waals surface area contributed by atoms with Crippen molar-refractivity contribution in [3.8, 4) is 11.5 Å². The molecule has 2 N–H and O–H groups in total. The van der Waals surface area contributed by atoms with E-state index in [4.69, 9.17) is 9.84 Å². The first-order valence-corrected chi connectivity index (χ1v) is 12.6. The molecule has 1 aliphatic heterocycles. The highest BCUT2D eigenvalue weighted by atomic mass is 32.2. The first kappa shape index (κ1) is 23.8. The van der Waals surface area contributed by atoms with Crippen LogP contribution in [0.1, 0.15) is 34.1 Å². The van der Waals surface area contributed by atoms with E-state index in [9.17, 15) is 14.7 Å². The number of hydrazone groups is 1. The van der Waals surface area contributed by atoms with Crippen molar-refractivity contribution in [3.05, 3.63) is 76.0 Å². The molecule has 1 aromatic heterocycles. The standard InChI is InChI=1S/C25H25N3O4S2/c1-3-21-24(17-8-11-20(32-2)19(30)13-17)27-28(23(15-29)34-21)14-16-6-9-18(10-7-16)26-25(31)22-5-4-12-33-22/h4-13,15,21,23,30H,3,14H2,1-2H3,(H,26,31). The Hall–Kier alpha value is -3.30. The highest BCUT2D eigenvalue weighted by Gasteiger charge is 2.31. The van der Waals surface area contributed by atoms with Crippen LogP contribution in [0.2, 0.25) is 0 Å². The zero-order chi connectivity index (χ0) is 24.1. The Balaban J connectivity index is 1.54. The van der Waals surface area contributed by atoms with Crippen LogP contribution < -0.4 is 10.1 Å². The fourth-order valence-corrected chi connectivity index (χ4v) is 5.44. The van der Waals surface area contributed by atoms with Crippen LogP contribution in [0, 0.1) is 0 Å². The normalized spacial score (nSPS) is 17.7. The molecule has 0 spiro atoms. The van der Waals surface area contributed by atoms with Crippen LogP contribution in [-0.4, -0.2) is 45.8 Å². The van der Waals surface area contributed by atoms with Crippen molar-refractivity contribution in [2.45, 2.75) is 30.5 Å². The Morgan fingerprint density at radius 3 is 2.65 bits per heavy atom. The molecule has 0 radical (unpaired) electrons. The van der Waals surface area contributed by atoms with Crippen LogP contribution >= 0.6 is 23.1 Å². The number of aromatic hydroxyl groups is 1. The lowest BCUT2D eigenvalue weighted by Crippen LogP contribution is -2.39. The number of nitrogens with one attached hydrogen (secondary N) is 1. The third kappa shape index (κ3) is 5.26. The minimum Gasteiger partial charge on any atom is -0.504 e. The second-order valence-electron chi connectivity index (χ2n) is 7.66. The smallest absolute Gasteiger partial charge is 0.265 e. The molecule has 1 amide bonds. The molecule has 0 bridgehead atoms. The maximum atomic E-state index is 12.3. The number of phenols is 1. The monoisotopic (exact) mass is 495 g/mol. The first-order chi connectivity index (χ1) is 16.5. The molecule has 0 aliphatic carbocycles. The van der Waals surface area contributed by atoms with Crippen molar-refractivity contribution in [1.82, 2.24) is 5.01 Å². The lowest BCUT2D eigenvalue weighted by atomic mass is 10.0. The molecule has 34 heavy (non-hydrogen) atoms. The predicted molar refractivity (Wildman–Crippen MR) is 137 cm³/mol. The molecule has 2 atom stereocenters. The molecule has 1 aliphatic rings. The van der Waals surface area contributed by atoms with Crippen molar-refractivity contribution in [3.63, 3.8) is 0 Å². The zero-order valence-corrected chi connectivity index (χ0v) is 20.4. The molecule has 2 unspecified atom stereocenters. The number of aldehydes is 1. The fraction of sp³-hybridized carbons (Fsp3) is 0.240. The minimum absolute atomic E-state index is 0.0223. The summed E-state index contributed by atoms with van der Waals surface area (Å²) in [6.45, 7) is 2.48. The largest absolute Gasteiger partial charge is 0.504 e. The number of methoxy groups -OCH3 is 1. The van der Waals surface area contributed by atoms with Crippen LogP contribution in [-0.2, 0) is 11.3 Å². The van der Waals surface area contributed by atoms with Gasteiger partial charge in [-0.1, -0.05) is 25.1 Å². The van der Waals surface area contributed by atoms with Gasteiger partial charge >= 0.3 is 0 Å².